The normalized spacial score (nSPS) is 16.1. The smallest absolute Gasteiger partial charge is 0.226 e. The number of aromatic nitrogens is 1. The van der Waals surface area contributed by atoms with Crippen molar-refractivity contribution in [3.05, 3.63) is 41.2 Å². The van der Waals surface area contributed by atoms with Crippen LogP contribution in [-0.4, -0.2) is 35.6 Å². The number of hydrogen-bond acceptors (Lipinski definition) is 4. The van der Waals surface area contributed by atoms with Gasteiger partial charge in [-0.15, -0.1) is 0 Å². The van der Waals surface area contributed by atoms with Crippen LogP contribution in [0.2, 0.25) is 5.02 Å². The fraction of sp³-hybridized carbons (Fsp3) is 0.500. The number of nitrogens with zero attached hydrogens (tertiary/aromatic N) is 2. The van der Waals surface area contributed by atoms with Crippen LogP contribution in [0.4, 0.5) is 0 Å². The van der Waals surface area contributed by atoms with Crippen LogP contribution in [0.1, 0.15) is 31.9 Å². The van der Waals surface area contributed by atoms with Crippen molar-refractivity contribution in [2.75, 3.05) is 19.6 Å². The molecule has 23 heavy (non-hydrogen) atoms. The summed E-state index contributed by atoms with van der Waals surface area (Å²) in [5.41, 5.74) is 1.96. The van der Waals surface area contributed by atoms with E-state index in [9.17, 15) is 0 Å². The summed E-state index contributed by atoms with van der Waals surface area (Å²) >= 11 is 5.93. The van der Waals surface area contributed by atoms with E-state index in [1.165, 1.54) is 12.8 Å². The van der Waals surface area contributed by atoms with Crippen LogP contribution >= 0.6 is 11.6 Å². The Morgan fingerprint density at radius 1 is 1.26 bits per heavy atom. The van der Waals surface area contributed by atoms with Crippen LogP contribution in [0.25, 0.3) is 11.5 Å². The summed E-state index contributed by atoms with van der Waals surface area (Å²) in [6.45, 7) is 6.42. The van der Waals surface area contributed by atoms with Gasteiger partial charge < -0.3 is 9.73 Å². The van der Waals surface area contributed by atoms with Crippen molar-refractivity contribution in [2.24, 2.45) is 0 Å². The zero-order valence-corrected chi connectivity index (χ0v) is 14.4. The van der Waals surface area contributed by atoms with Gasteiger partial charge in [-0.25, -0.2) is 4.98 Å². The predicted octanol–water partition coefficient (Wildman–Crippen LogP) is 3.96. The third-order valence-electron chi connectivity index (χ3n) is 4.34. The lowest BCUT2D eigenvalue weighted by atomic mass is 10.0. The molecule has 1 aliphatic rings. The van der Waals surface area contributed by atoms with E-state index in [1.807, 2.05) is 24.3 Å². The fourth-order valence-corrected chi connectivity index (χ4v) is 3.29. The molecular formula is C18H24ClN3O. The summed E-state index contributed by atoms with van der Waals surface area (Å²) in [7, 11) is 0. The first-order chi connectivity index (χ1) is 11.3. The number of piperidine rings is 1. The number of hydrogen-bond donors (Lipinski definition) is 1. The Morgan fingerprint density at radius 3 is 2.70 bits per heavy atom. The van der Waals surface area contributed by atoms with Gasteiger partial charge in [-0.3, -0.25) is 4.90 Å². The molecule has 0 bridgehead atoms. The first-order valence-corrected chi connectivity index (χ1v) is 8.79. The number of benzene rings is 1. The molecule has 1 aromatic heterocycles. The Bertz CT molecular complexity index is 605. The molecule has 4 nitrogen and oxygen atoms in total. The molecule has 0 aliphatic carbocycles. The quantitative estimate of drug-likeness (QED) is 0.868. The first kappa shape index (κ1) is 16.5. The summed E-state index contributed by atoms with van der Waals surface area (Å²) < 4.78 is 5.66. The molecule has 2 heterocycles. The molecule has 0 amide bonds. The standard InChI is InChI=1S/C18H24ClN3O/c1-2-11-22(17-7-9-20-10-8-17)12-16-13-23-18(21-16)14-3-5-15(19)6-4-14/h3-6,13,17,20H,2,7-12H2,1H3. The van der Waals surface area contributed by atoms with Crippen molar-refractivity contribution in [1.29, 1.82) is 0 Å². The molecule has 1 saturated heterocycles. The Hall–Kier alpha value is -1.36. The van der Waals surface area contributed by atoms with E-state index in [2.05, 4.69) is 22.1 Å². The second-order valence-corrected chi connectivity index (χ2v) is 6.54. The Kier molecular flexibility index (Phi) is 5.70. The lowest BCUT2D eigenvalue weighted by Crippen LogP contribution is -2.43. The van der Waals surface area contributed by atoms with Crippen LogP contribution in [0, 0.1) is 0 Å². The van der Waals surface area contributed by atoms with Crippen LogP contribution in [-0.2, 0) is 6.54 Å². The van der Waals surface area contributed by atoms with Gasteiger partial charge in [0.1, 0.15) is 6.26 Å². The number of rotatable bonds is 6. The van der Waals surface area contributed by atoms with E-state index in [0.717, 1.165) is 48.9 Å². The van der Waals surface area contributed by atoms with Crippen molar-refractivity contribution < 1.29 is 4.42 Å². The first-order valence-electron chi connectivity index (χ1n) is 8.41. The molecule has 1 N–H and O–H groups in total. The summed E-state index contributed by atoms with van der Waals surface area (Å²) in [4.78, 5) is 7.21. The largest absolute Gasteiger partial charge is 0.444 e. The second kappa shape index (κ2) is 7.95. The molecule has 1 aliphatic heterocycles. The van der Waals surface area contributed by atoms with E-state index < -0.39 is 0 Å². The third kappa shape index (κ3) is 4.34. The van der Waals surface area contributed by atoms with Gasteiger partial charge in [0.15, 0.2) is 0 Å². The molecule has 0 atom stereocenters. The van der Waals surface area contributed by atoms with Gasteiger partial charge in [0.05, 0.1) is 5.69 Å². The van der Waals surface area contributed by atoms with Crippen molar-refractivity contribution in [3.8, 4) is 11.5 Å². The minimum Gasteiger partial charge on any atom is -0.444 e. The van der Waals surface area contributed by atoms with Gasteiger partial charge in [0.2, 0.25) is 5.89 Å². The Morgan fingerprint density at radius 2 is 2.00 bits per heavy atom. The van der Waals surface area contributed by atoms with Gasteiger partial charge in [-0.1, -0.05) is 18.5 Å². The van der Waals surface area contributed by atoms with Crippen LogP contribution in [0.15, 0.2) is 34.9 Å². The van der Waals surface area contributed by atoms with E-state index in [-0.39, 0.29) is 0 Å². The lowest BCUT2D eigenvalue weighted by Gasteiger charge is -2.33. The highest BCUT2D eigenvalue weighted by molar-refractivity contribution is 6.30. The highest BCUT2D eigenvalue weighted by Gasteiger charge is 2.21. The SMILES string of the molecule is CCCN(Cc1coc(-c2ccc(Cl)cc2)n1)C1CCNCC1. The minimum atomic E-state index is 0.645. The number of nitrogens with one attached hydrogen (secondary N) is 1. The van der Waals surface area contributed by atoms with Crippen LogP contribution in [0.3, 0.4) is 0 Å². The minimum absolute atomic E-state index is 0.645. The van der Waals surface area contributed by atoms with Gasteiger partial charge in [0.25, 0.3) is 0 Å². The molecular weight excluding hydrogens is 310 g/mol. The van der Waals surface area contributed by atoms with Gasteiger partial charge in [0, 0.05) is 23.2 Å². The zero-order valence-electron chi connectivity index (χ0n) is 13.6. The van der Waals surface area contributed by atoms with Crippen molar-refractivity contribution in [1.82, 2.24) is 15.2 Å². The number of oxazole rings is 1. The fourth-order valence-electron chi connectivity index (χ4n) is 3.16. The topological polar surface area (TPSA) is 41.3 Å². The monoisotopic (exact) mass is 333 g/mol. The molecule has 2 aromatic rings. The average molecular weight is 334 g/mol. The molecule has 1 fully saturated rings. The van der Waals surface area contributed by atoms with Crippen molar-refractivity contribution in [2.45, 2.75) is 38.8 Å². The molecule has 0 spiro atoms. The average Bonchev–Trinajstić information content (AvgIpc) is 3.04. The highest BCUT2D eigenvalue weighted by Crippen LogP contribution is 2.22. The highest BCUT2D eigenvalue weighted by atomic mass is 35.5. The number of halogens is 1. The molecule has 124 valence electrons. The van der Waals surface area contributed by atoms with E-state index >= 15 is 0 Å². The molecule has 5 heteroatoms. The van der Waals surface area contributed by atoms with Gasteiger partial charge in [-0.05, 0) is 63.2 Å². The molecule has 1 aromatic carbocycles. The molecule has 0 saturated carbocycles. The summed E-state index contributed by atoms with van der Waals surface area (Å²) in [5, 5.41) is 4.16. The molecule has 0 unspecified atom stereocenters. The van der Waals surface area contributed by atoms with Gasteiger partial charge >= 0.3 is 0 Å². The van der Waals surface area contributed by atoms with Gasteiger partial charge in [-0.2, -0.15) is 0 Å². The Balaban J connectivity index is 1.69. The maximum Gasteiger partial charge on any atom is 0.226 e. The summed E-state index contributed by atoms with van der Waals surface area (Å²) in [6.07, 6.45) is 5.36. The van der Waals surface area contributed by atoms with E-state index in [4.69, 9.17) is 16.0 Å². The van der Waals surface area contributed by atoms with Crippen molar-refractivity contribution in [3.63, 3.8) is 0 Å². The zero-order chi connectivity index (χ0) is 16.1. The van der Waals surface area contributed by atoms with Crippen LogP contribution < -0.4 is 5.32 Å². The second-order valence-electron chi connectivity index (χ2n) is 6.10. The van der Waals surface area contributed by atoms with E-state index in [1.54, 1.807) is 6.26 Å². The molecule has 0 radical (unpaired) electrons. The van der Waals surface area contributed by atoms with Crippen LogP contribution in [0.5, 0.6) is 0 Å². The summed E-state index contributed by atoms with van der Waals surface area (Å²) in [5.74, 6) is 0.665. The summed E-state index contributed by atoms with van der Waals surface area (Å²) in [6, 6.07) is 8.24. The van der Waals surface area contributed by atoms with E-state index in [0.29, 0.717) is 11.9 Å². The van der Waals surface area contributed by atoms with Crippen molar-refractivity contribution >= 4 is 11.6 Å². The predicted molar refractivity (Wildman–Crippen MR) is 93.5 cm³/mol. The Labute approximate surface area is 142 Å². The molecule has 3 rings (SSSR count). The third-order valence-corrected chi connectivity index (χ3v) is 4.60. The lowest BCUT2D eigenvalue weighted by molar-refractivity contribution is 0.152. The maximum absolute atomic E-state index is 5.93. The maximum atomic E-state index is 5.93.